The van der Waals surface area contributed by atoms with E-state index in [1.165, 1.54) is 0 Å². The molecule has 0 saturated heterocycles. The summed E-state index contributed by atoms with van der Waals surface area (Å²) in [5, 5.41) is 11.3. The number of nitrogens with zero attached hydrogens (tertiary/aromatic N) is 1. The molecule has 1 aromatic rings. The Kier molecular flexibility index (Phi) is 4.22. The molecule has 100 valence electrons. The number of hydrogen-bond acceptors (Lipinski definition) is 4. The van der Waals surface area contributed by atoms with Gasteiger partial charge in [0.2, 0.25) is 0 Å². The highest BCUT2D eigenvalue weighted by atomic mass is 16.5. The van der Waals surface area contributed by atoms with E-state index in [0.717, 1.165) is 12.8 Å². The van der Waals surface area contributed by atoms with E-state index in [1.54, 1.807) is 6.07 Å². The van der Waals surface area contributed by atoms with Crippen molar-refractivity contribution in [2.45, 2.75) is 18.9 Å². The zero-order valence-electron chi connectivity index (χ0n) is 10.3. The number of anilines is 1. The number of nitrogens with one attached hydrogen (secondary N) is 1. The number of aliphatic hydroxyl groups excluding tert-OH is 1. The van der Waals surface area contributed by atoms with Crippen LogP contribution in [-0.4, -0.2) is 41.9 Å². The van der Waals surface area contributed by atoms with Crippen LogP contribution in [0.25, 0.3) is 0 Å². The summed E-state index contributed by atoms with van der Waals surface area (Å²) in [6.45, 7) is 1.11. The van der Waals surface area contributed by atoms with E-state index >= 15 is 0 Å². The Labute approximate surface area is 106 Å². The molecule has 0 aliphatic heterocycles. The van der Waals surface area contributed by atoms with E-state index in [0.29, 0.717) is 37.2 Å². The van der Waals surface area contributed by atoms with Crippen molar-refractivity contribution < 1.29 is 14.6 Å². The Morgan fingerprint density at radius 2 is 2.33 bits per heavy atom. The summed E-state index contributed by atoms with van der Waals surface area (Å²) in [7, 11) is 0. The molecule has 1 heterocycles. The van der Waals surface area contributed by atoms with Gasteiger partial charge in [-0.2, -0.15) is 0 Å². The maximum absolute atomic E-state index is 12.0. The van der Waals surface area contributed by atoms with Gasteiger partial charge in [0, 0.05) is 18.8 Å². The molecule has 18 heavy (non-hydrogen) atoms. The molecule has 0 spiro atoms. The highest BCUT2D eigenvalue weighted by Gasteiger charge is 2.27. The Balaban J connectivity index is 1.84. The second-order valence-electron chi connectivity index (χ2n) is 4.39. The molecule has 1 saturated carbocycles. The number of hydrogen-bond donors (Lipinski definition) is 3. The van der Waals surface area contributed by atoms with Gasteiger partial charge in [0.15, 0.2) is 0 Å². The van der Waals surface area contributed by atoms with Crippen LogP contribution in [0.3, 0.4) is 0 Å². The number of ether oxygens (including phenoxy) is 1. The van der Waals surface area contributed by atoms with Gasteiger partial charge in [0.25, 0.3) is 5.91 Å². The lowest BCUT2D eigenvalue weighted by Gasteiger charge is -2.08. The van der Waals surface area contributed by atoms with Gasteiger partial charge in [0.05, 0.1) is 25.5 Å². The summed E-state index contributed by atoms with van der Waals surface area (Å²) in [5.74, 6) is -0.133. The second-order valence-corrected chi connectivity index (χ2v) is 4.39. The lowest BCUT2D eigenvalue weighted by Crippen LogP contribution is -2.29. The van der Waals surface area contributed by atoms with E-state index in [-0.39, 0.29) is 12.5 Å². The molecule has 1 amide bonds. The van der Waals surface area contributed by atoms with Crippen molar-refractivity contribution in [1.29, 1.82) is 0 Å². The predicted octanol–water partition coefficient (Wildman–Crippen LogP) is 0.144. The smallest absolute Gasteiger partial charge is 0.268 e. The largest absolute Gasteiger partial charge is 0.397 e. The summed E-state index contributed by atoms with van der Waals surface area (Å²) >= 11 is 0. The van der Waals surface area contributed by atoms with Crippen LogP contribution in [0.5, 0.6) is 0 Å². The average Bonchev–Trinajstić information content (AvgIpc) is 3.12. The number of aliphatic hydroxyl groups is 1. The second kappa shape index (κ2) is 5.88. The molecule has 1 aromatic heterocycles. The van der Waals surface area contributed by atoms with Crippen LogP contribution in [0.4, 0.5) is 5.69 Å². The number of nitrogens with two attached hydrogens (primary N) is 1. The summed E-state index contributed by atoms with van der Waals surface area (Å²) in [6, 6.07) is 2.12. The third kappa shape index (κ3) is 3.24. The predicted molar refractivity (Wildman–Crippen MR) is 67.4 cm³/mol. The zero-order chi connectivity index (χ0) is 13.0. The standard InChI is InChI=1S/C12H19N3O3/c13-9-7-11(15(8-9)10-1-2-10)12(17)14-3-5-18-6-4-16/h7-8,10,16H,1-6,13H2,(H,14,17). The number of amides is 1. The van der Waals surface area contributed by atoms with Crippen molar-refractivity contribution in [3.63, 3.8) is 0 Å². The van der Waals surface area contributed by atoms with Gasteiger partial charge in [-0.05, 0) is 18.9 Å². The number of carbonyl (C=O) groups is 1. The third-order valence-corrected chi connectivity index (χ3v) is 2.81. The van der Waals surface area contributed by atoms with Crippen LogP contribution >= 0.6 is 0 Å². The van der Waals surface area contributed by atoms with Crippen LogP contribution in [0.15, 0.2) is 12.3 Å². The Hall–Kier alpha value is -1.53. The van der Waals surface area contributed by atoms with Gasteiger partial charge in [-0.3, -0.25) is 4.79 Å². The van der Waals surface area contributed by atoms with E-state index in [1.807, 2.05) is 10.8 Å². The fourth-order valence-corrected chi connectivity index (χ4v) is 1.83. The van der Waals surface area contributed by atoms with Gasteiger partial charge in [-0.25, -0.2) is 0 Å². The lowest BCUT2D eigenvalue weighted by molar-refractivity contribution is 0.0832. The minimum Gasteiger partial charge on any atom is -0.397 e. The van der Waals surface area contributed by atoms with E-state index < -0.39 is 0 Å². The van der Waals surface area contributed by atoms with E-state index in [9.17, 15) is 4.79 Å². The molecule has 4 N–H and O–H groups in total. The minimum atomic E-state index is -0.133. The molecule has 0 atom stereocenters. The Morgan fingerprint density at radius 1 is 1.56 bits per heavy atom. The van der Waals surface area contributed by atoms with Gasteiger partial charge in [-0.1, -0.05) is 0 Å². The first-order chi connectivity index (χ1) is 8.72. The minimum absolute atomic E-state index is 0.00495. The van der Waals surface area contributed by atoms with Crippen LogP contribution in [0.1, 0.15) is 29.4 Å². The average molecular weight is 253 g/mol. The van der Waals surface area contributed by atoms with Crippen LogP contribution in [0, 0.1) is 0 Å². The highest BCUT2D eigenvalue weighted by molar-refractivity contribution is 5.93. The molecular weight excluding hydrogens is 234 g/mol. The number of aromatic nitrogens is 1. The monoisotopic (exact) mass is 253 g/mol. The quantitative estimate of drug-likeness (QED) is 0.603. The molecule has 0 bridgehead atoms. The molecule has 1 fully saturated rings. The zero-order valence-corrected chi connectivity index (χ0v) is 10.3. The van der Waals surface area contributed by atoms with Crippen molar-refractivity contribution in [1.82, 2.24) is 9.88 Å². The fraction of sp³-hybridized carbons (Fsp3) is 0.583. The van der Waals surface area contributed by atoms with Crippen LogP contribution in [0.2, 0.25) is 0 Å². The normalized spacial score (nSPS) is 14.7. The van der Waals surface area contributed by atoms with Crippen molar-refractivity contribution >= 4 is 11.6 Å². The summed E-state index contributed by atoms with van der Waals surface area (Å²) in [5.41, 5.74) is 6.95. The SMILES string of the molecule is Nc1cc(C(=O)NCCOCCO)n(C2CC2)c1. The summed E-state index contributed by atoms with van der Waals surface area (Å²) in [4.78, 5) is 12.0. The number of carbonyl (C=O) groups excluding carboxylic acids is 1. The molecule has 6 heteroatoms. The first-order valence-electron chi connectivity index (χ1n) is 6.16. The molecule has 6 nitrogen and oxygen atoms in total. The van der Waals surface area contributed by atoms with Gasteiger partial charge in [0.1, 0.15) is 5.69 Å². The van der Waals surface area contributed by atoms with Crippen molar-refractivity contribution in [3.8, 4) is 0 Å². The first kappa shape index (κ1) is 12.9. The summed E-state index contributed by atoms with van der Waals surface area (Å²) < 4.78 is 7.01. The maximum atomic E-state index is 12.0. The molecule has 0 unspecified atom stereocenters. The third-order valence-electron chi connectivity index (χ3n) is 2.81. The maximum Gasteiger partial charge on any atom is 0.268 e. The molecule has 0 aromatic carbocycles. The molecular formula is C12H19N3O3. The van der Waals surface area contributed by atoms with E-state index in [4.69, 9.17) is 15.6 Å². The molecule has 0 radical (unpaired) electrons. The Morgan fingerprint density at radius 3 is 3.00 bits per heavy atom. The first-order valence-corrected chi connectivity index (χ1v) is 6.16. The van der Waals surface area contributed by atoms with Crippen molar-refractivity contribution in [3.05, 3.63) is 18.0 Å². The van der Waals surface area contributed by atoms with Gasteiger partial charge < -0.3 is 25.5 Å². The topological polar surface area (TPSA) is 89.5 Å². The van der Waals surface area contributed by atoms with Crippen molar-refractivity contribution in [2.75, 3.05) is 32.1 Å². The van der Waals surface area contributed by atoms with Gasteiger partial charge in [-0.15, -0.1) is 0 Å². The highest BCUT2D eigenvalue weighted by Crippen LogP contribution is 2.37. The lowest BCUT2D eigenvalue weighted by atomic mass is 10.3. The Bertz CT molecular complexity index is 413. The number of rotatable bonds is 7. The van der Waals surface area contributed by atoms with Crippen LogP contribution in [-0.2, 0) is 4.74 Å². The van der Waals surface area contributed by atoms with Gasteiger partial charge >= 0.3 is 0 Å². The summed E-state index contributed by atoms with van der Waals surface area (Å²) in [6.07, 6.45) is 4.02. The fourth-order valence-electron chi connectivity index (χ4n) is 1.83. The molecule has 2 rings (SSSR count). The van der Waals surface area contributed by atoms with Crippen LogP contribution < -0.4 is 11.1 Å². The van der Waals surface area contributed by atoms with E-state index in [2.05, 4.69) is 5.32 Å². The molecule has 1 aliphatic carbocycles. The molecule has 1 aliphatic rings. The van der Waals surface area contributed by atoms with Crippen molar-refractivity contribution in [2.24, 2.45) is 0 Å². The number of nitrogen functional groups attached to an aromatic ring is 1.